The average molecular weight is 282 g/mol. The van der Waals surface area contributed by atoms with Gasteiger partial charge in [-0.15, -0.1) is 0 Å². The first kappa shape index (κ1) is 13.3. The highest BCUT2D eigenvalue weighted by atomic mass is 19.1. The molecule has 1 amide bonds. The van der Waals surface area contributed by atoms with E-state index in [0.717, 1.165) is 13.0 Å². The van der Waals surface area contributed by atoms with Crippen LogP contribution in [-0.2, 0) is 5.41 Å². The van der Waals surface area contributed by atoms with E-state index in [1.807, 2.05) is 0 Å². The number of benzene rings is 1. The summed E-state index contributed by atoms with van der Waals surface area (Å²) in [7, 11) is 0. The normalized spacial score (nSPS) is 31.5. The summed E-state index contributed by atoms with van der Waals surface area (Å²) >= 11 is 0. The SMILES string of the molecule is O=C(O)NC[C@]1(c2c(F)cccc2F)[C@@H]2CCNC[C@@H]21. The van der Waals surface area contributed by atoms with Gasteiger partial charge in [-0.1, -0.05) is 6.07 Å². The minimum absolute atomic E-state index is 0.0347. The summed E-state index contributed by atoms with van der Waals surface area (Å²) in [6.45, 7) is 1.52. The molecular weight excluding hydrogens is 266 g/mol. The van der Waals surface area contributed by atoms with Crippen molar-refractivity contribution in [3.63, 3.8) is 0 Å². The van der Waals surface area contributed by atoms with Crippen LogP contribution in [-0.4, -0.2) is 30.8 Å². The predicted molar refractivity (Wildman–Crippen MR) is 68.5 cm³/mol. The maximum Gasteiger partial charge on any atom is 0.404 e. The highest BCUT2D eigenvalue weighted by Crippen LogP contribution is 2.62. The van der Waals surface area contributed by atoms with Crippen LogP contribution >= 0.6 is 0 Å². The van der Waals surface area contributed by atoms with Gasteiger partial charge in [0.25, 0.3) is 0 Å². The van der Waals surface area contributed by atoms with E-state index in [1.54, 1.807) is 0 Å². The standard InChI is InChI=1S/C14H16F2N2O2/c15-10-2-1-3-11(16)12(10)14(7-18-13(19)20)8-4-5-17-6-9(8)14/h1-3,8-9,17-18H,4-7H2,(H,19,20)/t8-,9+,14+/m1/s1. The monoisotopic (exact) mass is 282 g/mol. The summed E-state index contributed by atoms with van der Waals surface area (Å²) in [5.41, 5.74) is -0.718. The molecule has 108 valence electrons. The fourth-order valence-corrected chi connectivity index (χ4v) is 3.79. The molecule has 0 aromatic heterocycles. The zero-order chi connectivity index (χ0) is 14.3. The zero-order valence-corrected chi connectivity index (χ0v) is 10.8. The Bertz CT molecular complexity index is 518. The lowest BCUT2D eigenvalue weighted by Crippen LogP contribution is -2.35. The molecule has 6 heteroatoms. The maximum absolute atomic E-state index is 14.1. The van der Waals surface area contributed by atoms with Crippen molar-refractivity contribution in [2.24, 2.45) is 11.8 Å². The second-order valence-electron chi connectivity index (χ2n) is 5.50. The Hall–Kier alpha value is -1.69. The van der Waals surface area contributed by atoms with Crippen LogP contribution in [0.1, 0.15) is 12.0 Å². The quantitative estimate of drug-likeness (QED) is 0.791. The Morgan fingerprint density at radius 1 is 1.40 bits per heavy atom. The fourth-order valence-electron chi connectivity index (χ4n) is 3.79. The van der Waals surface area contributed by atoms with Crippen LogP contribution < -0.4 is 10.6 Å². The van der Waals surface area contributed by atoms with Gasteiger partial charge in [-0.05, 0) is 43.5 Å². The lowest BCUT2D eigenvalue weighted by Gasteiger charge is -2.20. The second-order valence-corrected chi connectivity index (χ2v) is 5.50. The number of nitrogens with one attached hydrogen (secondary N) is 2. The molecule has 1 heterocycles. The minimum atomic E-state index is -1.17. The van der Waals surface area contributed by atoms with Crippen molar-refractivity contribution < 1.29 is 18.7 Å². The molecule has 0 bridgehead atoms. The van der Waals surface area contributed by atoms with Crippen molar-refractivity contribution >= 4 is 6.09 Å². The van der Waals surface area contributed by atoms with Gasteiger partial charge in [-0.3, -0.25) is 0 Å². The molecule has 3 N–H and O–H groups in total. The van der Waals surface area contributed by atoms with Crippen LogP contribution in [0.2, 0.25) is 0 Å². The first-order chi connectivity index (χ1) is 9.57. The van der Waals surface area contributed by atoms with Crippen LogP contribution in [0.25, 0.3) is 0 Å². The van der Waals surface area contributed by atoms with E-state index >= 15 is 0 Å². The fraction of sp³-hybridized carbons (Fsp3) is 0.500. The van der Waals surface area contributed by atoms with Crippen LogP contribution in [0.3, 0.4) is 0 Å². The Balaban J connectivity index is 2.00. The van der Waals surface area contributed by atoms with Gasteiger partial charge >= 0.3 is 6.09 Å². The molecule has 1 aliphatic heterocycles. The third-order valence-electron chi connectivity index (χ3n) is 4.66. The van der Waals surface area contributed by atoms with Crippen LogP contribution in [0.5, 0.6) is 0 Å². The lowest BCUT2D eigenvalue weighted by molar-refractivity contribution is 0.192. The van der Waals surface area contributed by atoms with E-state index in [0.29, 0.717) is 6.54 Å². The van der Waals surface area contributed by atoms with Gasteiger partial charge in [0, 0.05) is 17.5 Å². The van der Waals surface area contributed by atoms with Crippen LogP contribution in [0.15, 0.2) is 18.2 Å². The summed E-state index contributed by atoms with van der Waals surface area (Å²) in [6.07, 6.45) is -0.363. The van der Waals surface area contributed by atoms with Crippen molar-refractivity contribution in [1.82, 2.24) is 10.6 Å². The van der Waals surface area contributed by atoms with E-state index < -0.39 is 23.1 Å². The molecular formula is C14H16F2N2O2. The molecule has 3 atom stereocenters. The van der Waals surface area contributed by atoms with Crippen molar-refractivity contribution in [2.75, 3.05) is 19.6 Å². The number of carboxylic acid groups (broad SMARTS) is 1. The predicted octanol–water partition coefficient (Wildman–Crippen LogP) is 1.71. The maximum atomic E-state index is 14.1. The third kappa shape index (κ3) is 1.86. The third-order valence-corrected chi connectivity index (χ3v) is 4.66. The number of piperidine rings is 1. The lowest BCUT2D eigenvalue weighted by atomic mass is 9.90. The Kier molecular flexibility index (Phi) is 3.12. The van der Waals surface area contributed by atoms with Gasteiger partial charge in [0.05, 0.1) is 0 Å². The number of rotatable bonds is 3. The molecule has 2 fully saturated rings. The largest absolute Gasteiger partial charge is 0.465 e. The molecule has 0 radical (unpaired) electrons. The summed E-state index contributed by atoms with van der Waals surface area (Å²) in [6, 6.07) is 3.80. The van der Waals surface area contributed by atoms with Gasteiger partial charge in [-0.25, -0.2) is 13.6 Å². The van der Waals surface area contributed by atoms with Crippen molar-refractivity contribution in [1.29, 1.82) is 0 Å². The molecule has 20 heavy (non-hydrogen) atoms. The van der Waals surface area contributed by atoms with Gasteiger partial charge in [0.1, 0.15) is 11.6 Å². The molecule has 1 aromatic rings. The Morgan fingerprint density at radius 3 is 2.65 bits per heavy atom. The molecule has 1 saturated carbocycles. The number of amides is 1. The van der Waals surface area contributed by atoms with Crippen molar-refractivity contribution in [3.05, 3.63) is 35.4 Å². The molecule has 0 unspecified atom stereocenters. The molecule has 1 aromatic carbocycles. The molecule has 1 aliphatic carbocycles. The number of fused-ring (bicyclic) bond motifs is 1. The van der Waals surface area contributed by atoms with Crippen molar-refractivity contribution in [2.45, 2.75) is 11.8 Å². The minimum Gasteiger partial charge on any atom is -0.465 e. The van der Waals surface area contributed by atoms with Crippen LogP contribution in [0, 0.1) is 23.5 Å². The van der Waals surface area contributed by atoms with Gasteiger partial charge in [0.15, 0.2) is 0 Å². The second kappa shape index (κ2) is 4.70. The molecule has 0 spiro atoms. The van der Waals surface area contributed by atoms with E-state index in [9.17, 15) is 13.6 Å². The summed E-state index contributed by atoms with van der Waals surface area (Å²) in [5.74, 6) is -0.977. The number of halogens is 2. The van der Waals surface area contributed by atoms with Gasteiger partial charge in [0.2, 0.25) is 0 Å². The Labute approximate surface area is 115 Å². The van der Waals surface area contributed by atoms with Crippen molar-refractivity contribution in [3.8, 4) is 0 Å². The van der Waals surface area contributed by atoms with E-state index in [2.05, 4.69) is 10.6 Å². The summed E-state index contributed by atoms with van der Waals surface area (Å²) in [4.78, 5) is 10.8. The van der Waals surface area contributed by atoms with E-state index in [4.69, 9.17) is 5.11 Å². The number of carbonyl (C=O) groups is 1. The molecule has 1 saturated heterocycles. The van der Waals surface area contributed by atoms with Gasteiger partial charge < -0.3 is 15.7 Å². The average Bonchev–Trinajstić information content (AvgIpc) is 3.06. The molecule has 2 aliphatic rings. The topological polar surface area (TPSA) is 61.4 Å². The summed E-state index contributed by atoms with van der Waals surface area (Å²) < 4.78 is 28.2. The number of hydrogen-bond donors (Lipinski definition) is 3. The summed E-state index contributed by atoms with van der Waals surface area (Å²) in [5, 5.41) is 14.3. The Morgan fingerprint density at radius 2 is 2.10 bits per heavy atom. The highest BCUT2D eigenvalue weighted by Gasteiger charge is 2.67. The zero-order valence-electron chi connectivity index (χ0n) is 10.8. The number of hydrogen-bond acceptors (Lipinski definition) is 2. The van der Waals surface area contributed by atoms with Crippen LogP contribution in [0.4, 0.5) is 13.6 Å². The smallest absolute Gasteiger partial charge is 0.404 e. The molecule has 4 nitrogen and oxygen atoms in total. The highest BCUT2D eigenvalue weighted by molar-refractivity contribution is 5.65. The molecule has 3 rings (SSSR count). The first-order valence-electron chi connectivity index (χ1n) is 6.69. The van der Waals surface area contributed by atoms with E-state index in [-0.39, 0.29) is 23.9 Å². The van der Waals surface area contributed by atoms with E-state index in [1.165, 1.54) is 18.2 Å². The first-order valence-corrected chi connectivity index (χ1v) is 6.69. The van der Waals surface area contributed by atoms with Gasteiger partial charge in [-0.2, -0.15) is 0 Å².